The largest absolute Gasteiger partial charge is 0.495 e. The molecule has 0 fully saturated rings. The molecule has 0 radical (unpaired) electrons. The lowest BCUT2D eigenvalue weighted by Crippen LogP contribution is -2.47. The topological polar surface area (TPSA) is 76.7 Å². The zero-order valence-corrected chi connectivity index (χ0v) is 16.1. The summed E-state index contributed by atoms with van der Waals surface area (Å²) in [7, 11) is 1.54. The van der Waals surface area contributed by atoms with Crippen LogP contribution in [0.3, 0.4) is 0 Å². The van der Waals surface area contributed by atoms with E-state index in [1.165, 1.54) is 0 Å². The van der Waals surface area contributed by atoms with Gasteiger partial charge in [-0.2, -0.15) is 0 Å². The lowest BCUT2D eigenvalue weighted by molar-refractivity contribution is -0.118. The van der Waals surface area contributed by atoms with E-state index < -0.39 is 6.04 Å². The number of rotatable bonds is 8. The summed E-state index contributed by atoms with van der Waals surface area (Å²) in [6, 6.07) is 13.3. The van der Waals surface area contributed by atoms with Gasteiger partial charge in [0, 0.05) is 5.56 Å². The van der Waals surface area contributed by atoms with Gasteiger partial charge in [0.1, 0.15) is 17.5 Å². The summed E-state index contributed by atoms with van der Waals surface area (Å²) >= 11 is 0. The number of hydrogen-bond acceptors (Lipinski definition) is 4. The minimum Gasteiger partial charge on any atom is -0.495 e. The molecule has 6 nitrogen and oxygen atoms in total. The summed E-state index contributed by atoms with van der Waals surface area (Å²) in [6.45, 7) is 6.22. The van der Waals surface area contributed by atoms with Crippen molar-refractivity contribution in [2.24, 2.45) is 5.92 Å². The van der Waals surface area contributed by atoms with Crippen LogP contribution in [0.2, 0.25) is 0 Å². The van der Waals surface area contributed by atoms with E-state index in [4.69, 9.17) is 9.47 Å². The summed E-state index contributed by atoms with van der Waals surface area (Å²) in [5.74, 6) is 0.557. The molecule has 0 aliphatic carbocycles. The molecule has 2 aromatic rings. The quantitative estimate of drug-likeness (QED) is 0.746. The van der Waals surface area contributed by atoms with E-state index in [1.54, 1.807) is 49.6 Å². The summed E-state index contributed by atoms with van der Waals surface area (Å²) in [5.41, 5.74) is 1.03. The Balaban J connectivity index is 2.09. The van der Waals surface area contributed by atoms with Crippen molar-refractivity contribution >= 4 is 17.5 Å². The Hall–Kier alpha value is -3.02. The van der Waals surface area contributed by atoms with Gasteiger partial charge in [0.2, 0.25) is 5.91 Å². The van der Waals surface area contributed by atoms with Gasteiger partial charge in [0.25, 0.3) is 5.91 Å². The summed E-state index contributed by atoms with van der Waals surface area (Å²) in [4.78, 5) is 25.3. The number of anilines is 1. The summed E-state index contributed by atoms with van der Waals surface area (Å²) in [6.07, 6.45) is 0. The standard InChI is InChI=1S/C21H26N2O4/c1-5-27-16-12-10-15(11-13-16)20(24)23-19(14(2)3)21(25)22-17-8-6-7-9-18(17)26-4/h6-14,19H,5H2,1-4H3,(H,22,25)(H,23,24)/t19-/m1/s1. The van der Waals surface area contributed by atoms with Crippen molar-refractivity contribution in [1.29, 1.82) is 0 Å². The van der Waals surface area contributed by atoms with Crippen molar-refractivity contribution in [2.45, 2.75) is 26.8 Å². The van der Waals surface area contributed by atoms with Gasteiger partial charge in [-0.05, 0) is 49.2 Å². The molecule has 0 heterocycles. The molecule has 0 spiro atoms. The van der Waals surface area contributed by atoms with Crippen LogP contribution in [0.25, 0.3) is 0 Å². The maximum atomic E-state index is 12.7. The molecular formula is C21H26N2O4. The zero-order valence-electron chi connectivity index (χ0n) is 16.1. The molecule has 0 aliphatic rings. The second-order valence-electron chi connectivity index (χ2n) is 6.34. The molecule has 6 heteroatoms. The van der Waals surface area contributed by atoms with Gasteiger partial charge in [-0.1, -0.05) is 26.0 Å². The first-order valence-corrected chi connectivity index (χ1v) is 8.93. The predicted octanol–water partition coefficient (Wildman–Crippen LogP) is 3.49. The average molecular weight is 370 g/mol. The van der Waals surface area contributed by atoms with Crippen LogP contribution in [0.5, 0.6) is 11.5 Å². The number of ether oxygens (including phenoxy) is 2. The second-order valence-corrected chi connectivity index (χ2v) is 6.34. The number of methoxy groups -OCH3 is 1. The predicted molar refractivity (Wildman–Crippen MR) is 105 cm³/mol. The van der Waals surface area contributed by atoms with Crippen LogP contribution in [0.15, 0.2) is 48.5 Å². The Morgan fingerprint density at radius 2 is 1.70 bits per heavy atom. The molecule has 1 atom stereocenters. The van der Waals surface area contributed by atoms with E-state index >= 15 is 0 Å². The Labute approximate surface area is 159 Å². The number of amides is 2. The van der Waals surface area contributed by atoms with Crippen LogP contribution < -0.4 is 20.1 Å². The number of carbonyl (C=O) groups excluding carboxylic acids is 2. The highest BCUT2D eigenvalue weighted by Gasteiger charge is 2.25. The minimum atomic E-state index is -0.686. The molecule has 0 unspecified atom stereocenters. The molecule has 2 aromatic carbocycles. The van der Waals surface area contributed by atoms with Crippen LogP contribution in [0.4, 0.5) is 5.69 Å². The van der Waals surface area contributed by atoms with Crippen LogP contribution >= 0.6 is 0 Å². The highest BCUT2D eigenvalue weighted by atomic mass is 16.5. The van der Waals surface area contributed by atoms with Gasteiger partial charge in [-0.25, -0.2) is 0 Å². The first-order valence-electron chi connectivity index (χ1n) is 8.93. The van der Waals surface area contributed by atoms with Gasteiger partial charge >= 0.3 is 0 Å². The molecular weight excluding hydrogens is 344 g/mol. The molecule has 0 saturated heterocycles. The Morgan fingerprint density at radius 3 is 2.30 bits per heavy atom. The number of carbonyl (C=O) groups is 2. The lowest BCUT2D eigenvalue weighted by Gasteiger charge is -2.22. The Morgan fingerprint density at radius 1 is 1.04 bits per heavy atom. The SMILES string of the molecule is CCOc1ccc(C(=O)N[C@@H](C(=O)Nc2ccccc2OC)C(C)C)cc1. The maximum absolute atomic E-state index is 12.7. The van der Waals surface area contributed by atoms with Crippen LogP contribution in [-0.4, -0.2) is 31.6 Å². The van der Waals surface area contributed by atoms with Crippen LogP contribution in [0.1, 0.15) is 31.1 Å². The second kappa shape index (κ2) is 9.62. The zero-order chi connectivity index (χ0) is 19.8. The fourth-order valence-corrected chi connectivity index (χ4v) is 2.59. The average Bonchev–Trinajstić information content (AvgIpc) is 2.66. The first kappa shape index (κ1) is 20.3. The fourth-order valence-electron chi connectivity index (χ4n) is 2.59. The smallest absolute Gasteiger partial charge is 0.251 e. The molecule has 0 bridgehead atoms. The molecule has 27 heavy (non-hydrogen) atoms. The van der Waals surface area contributed by atoms with Crippen molar-refractivity contribution in [3.05, 3.63) is 54.1 Å². The van der Waals surface area contributed by atoms with Crippen molar-refractivity contribution in [3.63, 3.8) is 0 Å². The molecule has 144 valence electrons. The highest BCUT2D eigenvalue weighted by molar-refractivity contribution is 6.01. The van der Waals surface area contributed by atoms with Gasteiger partial charge in [0.15, 0.2) is 0 Å². The van der Waals surface area contributed by atoms with Crippen molar-refractivity contribution in [2.75, 3.05) is 19.0 Å². The molecule has 2 rings (SSSR count). The normalized spacial score (nSPS) is 11.6. The van der Waals surface area contributed by atoms with E-state index in [0.29, 0.717) is 29.4 Å². The number of nitrogens with one attached hydrogen (secondary N) is 2. The van der Waals surface area contributed by atoms with Crippen molar-refractivity contribution in [3.8, 4) is 11.5 Å². The molecule has 0 aliphatic heterocycles. The van der Waals surface area contributed by atoms with E-state index in [2.05, 4.69) is 10.6 Å². The minimum absolute atomic E-state index is 0.0913. The third kappa shape index (κ3) is 5.48. The van der Waals surface area contributed by atoms with E-state index in [9.17, 15) is 9.59 Å². The first-order chi connectivity index (χ1) is 13.0. The van der Waals surface area contributed by atoms with E-state index in [0.717, 1.165) is 0 Å². The van der Waals surface area contributed by atoms with Gasteiger partial charge in [0.05, 0.1) is 19.4 Å². The van der Waals surface area contributed by atoms with Gasteiger partial charge in [-0.15, -0.1) is 0 Å². The maximum Gasteiger partial charge on any atom is 0.251 e. The third-order valence-corrected chi connectivity index (χ3v) is 4.03. The fraction of sp³-hybridized carbons (Fsp3) is 0.333. The Kier molecular flexibility index (Phi) is 7.23. The van der Waals surface area contributed by atoms with E-state index in [1.807, 2.05) is 26.8 Å². The molecule has 0 aromatic heterocycles. The summed E-state index contributed by atoms with van der Waals surface area (Å²) < 4.78 is 10.6. The van der Waals surface area contributed by atoms with Crippen molar-refractivity contribution in [1.82, 2.24) is 5.32 Å². The van der Waals surface area contributed by atoms with Gasteiger partial charge in [-0.3, -0.25) is 9.59 Å². The highest BCUT2D eigenvalue weighted by Crippen LogP contribution is 2.23. The molecule has 2 amide bonds. The lowest BCUT2D eigenvalue weighted by atomic mass is 10.0. The number of benzene rings is 2. The Bertz CT molecular complexity index is 772. The van der Waals surface area contributed by atoms with Crippen LogP contribution in [-0.2, 0) is 4.79 Å². The number of para-hydroxylation sites is 2. The van der Waals surface area contributed by atoms with E-state index in [-0.39, 0.29) is 17.7 Å². The summed E-state index contributed by atoms with van der Waals surface area (Å²) in [5, 5.41) is 5.64. The molecule has 2 N–H and O–H groups in total. The monoisotopic (exact) mass is 370 g/mol. The number of hydrogen-bond donors (Lipinski definition) is 2. The van der Waals surface area contributed by atoms with Gasteiger partial charge < -0.3 is 20.1 Å². The van der Waals surface area contributed by atoms with Crippen LogP contribution in [0, 0.1) is 5.92 Å². The third-order valence-electron chi connectivity index (χ3n) is 4.03. The molecule has 0 saturated carbocycles. The van der Waals surface area contributed by atoms with Crippen molar-refractivity contribution < 1.29 is 19.1 Å².